The largest absolute Gasteiger partial charge is 0.490 e. The summed E-state index contributed by atoms with van der Waals surface area (Å²) in [6.45, 7) is 1.27. The van der Waals surface area contributed by atoms with Gasteiger partial charge in [0.2, 0.25) is 0 Å². The van der Waals surface area contributed by atoms with Gasteiger partial charge in [-0.25, -0.2) is 0 Å². The Balaban J connectivity index is 2.96. The smallest absolute Gasteiger partial charge is 0.419 e. The van der Waals surface area contributed by atoms with Gasteiger partial charge in [0.15, 0.2) is 0 Å². The van der Waals surface area contributed by atoms with Crippen LogP contribution in [-0.4, -0.2) is 24.9 Å². The van der Waals surface area contributed by atoms with Crippen molar-refractivity contribution in [2.75, 3.05) is 13.7 Å². The van der Waals surface area contributed by atoms with E-state index in [1.807, 2.05) is 0 Å². The summed E-state index contributed by atoms with van der Waals surface area (Å²) in [6, 6.07) is 3.48. The molecule has 1 atom stereocenters. The topological polar surface area (TPSA) is 38.7 Å². The fourth-order valence-corrected chi connectivity index (χ4v) is 1.30. The van der Waals surface area contributed by atoms with E-state index in [2.05, 4.69) is 0 Å². The Kier molecular flexibility index (Phi) is 4.98. The third kappa shape index (κ3) is 3.89. The summed E-state index contributed by atoms with van der Waals surface area (Å²) in [5.41, 5.74) is -0.702. The Hall–Kier alpha value is -1.27. The number of rotatable bonds is 5. The number of aliphatic hydroxyl groups excluding tert-OH is 1. The fraction of sp³-hybridized carbons (Fsp3) is 0.500. The van der Waals surface area contributed by atoms with Gasteiger partial charge in [-0.2, -0.15) is 13.2 Å². The Morgan fingerprint density at radius 1 is 1.33 bits per heavy atom. The van der Waals surface area contributed by atoms with Gasteiger partial charge in [0.05, 0.1) is 18.3 Å². The minimum atomic E-state index is -4.52. The predicted octanol–water partition coefficient (Wildman–Crippen LogP) is 2.61. The minimum absolute atomic E-state index is 0.0258. The summed E-state index contributed by atoms with van der Waals surface area (Å²) < 4.78 is 48.3. The minimum Gasteiger partial charge on any atom is -0.490 e. The molecular weight excluding hydrogens is 249 g/mol. The summed E-state index contributed by atoms with van der Waals surface area (Å²) >= 11 is 0. The molecule has 0 amide bonds. The van der Waals surface area contributed by atoms with Crippen LogP contribution in [0.5, 0.6) is 5.75 Å². The van der Waals surface area contributed by atoms with Crippen molar-refractivity contribution >= 4 is 0 Å². The average molecular weight is 264 g/mol. The summed E-state index contributed by atoms with van der Waals surface area (Å²) in [5.74, 6) is -0.261. The summed E-state index contributed by atoms with van der Waals surface area (Å²) in [7, 11) is 1.45. The van der Waals surface area contributed by atoms with Crippen molar-refractivity contribution in [3.8, 4) is 5.75 Å². The second kappa shape index (κ2) is 6.06. The molecule has 6 heteroatoms. The maximum atomic E-state index is 12.8. The van der Waals surface area contributed by atoms with E-state index >= 15 is 0 Å². The molecule has 0 saturated carbocycles. The van der Waals surface area contributed by atoms with Crippen molar-refractivity contribution in [2.45, 2.75) is 25.8 Å². The third-order valence-electron chi connectivity index (χ3n) is 2.41. The standard InChI is InChI=1S/C12H15F3O3/c1-8(17-2)7-18-11-4-3-9(6-16)5-10(11)12(13,14)15/h3-5,8,16H,6-7H2,1-2H3. The molecule has 0 aliphatic rings. The summed E-state index contributed by atoms with van der Waals surface area (Å²) in [6.07, 6.45) is -4.82. The number of aliphatic hydroxyl groups is 1. The molecular formula is C12H15F3O3. The number of benzene rings is 1. The molecule has 1 rings (SSSR count). The number of ether oxygens (including phenoxy) is 2. The van der Waals surface area contributed by atoms with Gasteiger partial charge in [0.25, 0.3) is 0 Å². The van der Waals surface area contributed by atoms with Crippen molar-refractivity contribution in [1.29, 1.82) is 0 Å². The molecule has 0 bridgehead atoms. The maximum absolute atomic E-state index is 12.8. The quantitative estimate of drug-likeness (QED) is 0.888. The lowest BCUT2D eigenvalue weighted by Gasteiger charge is -2.17. The van der Waals surface area contributed by atoms with Crippen LogP contribution in [0.25, 0.3) is 0 Å². The van der Waals surface area contributed by atoms with Crippen LogP contribution in [0.3, 0.4) is 0 Å². The number of hydrogen-bond donors (Lipinski definition) is 1. The fourth-order valence-electron chi connectivity index (χ4n) is 1.30. The van der Waals surface area contributed by atoms with Crippen LogP contribution >= 0.6 is 0 Å². The van der Waals surface area contributed by atoms with Gasteiger partial charge < -0.3 is 14.6 Å². The number of alkyl halides is 3. The second-order valence-electron chi connectivity index (χ2n) is 3.84. The zero-order valence-electron chi connectivity index (χ0n) is 10.1. The monoisotopic (exact) mass is 264 g/mol. The molecule has 0 spiro atoms. The van der Waals surface area contributed by atoms with Crippen LogP contribution in [0.4, 0.5) is 13.2 Å². The molecule has 3 nitrogen and oxygen atoms in total. The van der Waals surface area contributed by atoms with E-state index in [-0.39, 0.29) is 24.0 Å². The highest BCUT2D eigenvalue weighted by molar-refractivity contribution is 5.39. The lowest BCUT2D eigenvalue weighted by Crippen LogP contribution is -2.18. The van der Waals surface area contributed by atoms with Gasteiger partial charge >= 0.3 is 6.18 Å². The van der Waals surface area contributed by atoms with Crippen molar-refractivity contribution in [1.82, 2.24) is 0 Å². The molecule has 0 heterocycles. The lowest BCUT2D eigenvalue weighted by molar-refractivity contribution is -0.139. The first-order valence-electron chi connectivity index (χ1n) is 5.35. The normalized spacial score (nSPS) is 13.4. The summed E-state index contributed by atoms with van der Waals surface area (Å²) in [5, 5.41) is 8.85. The number of hydrogen-bond acceptors (Lipinski definition) is 3. The molecule has 102 valence electrons. The average Bonchev–Trinajstić information content (AvgIpc) is 2.34. The van der Waals surface area contributed by atoms with Crippen LogP contribution in [0, 0.1) is 0 Å². The van der Waals surface area contributed by atoms with Crippen LogP contribution in [0.2, 0.25) is 0 Å². The zero-order valence-corrected chi connectivity index (χ0v) is 10.1. The Labute approximate surface area is 103 Å². The first-order valence-corrected chi connectivity index (χ1v) is 5.35. The van der Waals surface area contributed by atoms with E-state index in [0.29, 0.717) is 0 Å². The zero-order chi connectivity index (χ0) is 13.8. The van der Waals surface area contributed by atoms with Gasteiger partial charge in [-0.1, -0.05) is 6.07 Å². The molecule has 1 N–H and O–H groups in total. The highest BCUT2D eigenvalue weighted by Gasteiger charge is 2.34. The molecule has 0 fully saturated rings. The lowest BCUT2D eigenvalue weighted by atomic mass is 10.1. The number of methoxy groups -OCH3 is 1. The molecule has 0 aromatic heterocycles. The van der Waals surface area contributed by atoms with Gasteiger partial charge in [-0.05, 0) is 24.6 Å². The molecule has 0 radical (unpaired) electrons. The molecule has 1 aromatic carbocycles. The van der Waals surface area contributed by atoms with Crippen LogP contribution in [0.1, 0.15) is 18.1 Å². The Morgan fingerprint density at radius 3 is 2.50 bits per heavy atom. The van der Waals surface area contributed by atoms with E-state index in [1.54, 1.807) is 6.92 Å². The van der Waals surface area contributed by atoms with E-state index in [4.69, 9.17) is 14.6 Å². The van der Waals surface area contributed by atoms with Crippen LogP contribution in [0.15, 0.2) is 18.2 Å². The second-order valence-corrected chi connectivity index (χ2v) is 3.84. The Morgan fingerprint density at radius 2 is 2.00 bits per heavy atom. The molecule has 0 aliphatic carbocycles. The van der Waals surface area contributed by atoms with E-state index in [9.17, 15) is 13.2 Å². The van der Waals surface area contributed by atoms with Crippen LogP contribution in [-0.2, 0) is 17.5 Å². The van der Waals surface area contributed by atoms with Crippen molar-refractivity contribution in [3.05, 3.63) is 29.3 Å². The number of halogens is 3. The molecule has 18 heavy (non-hydrogen) atoms. The van der Waals surface area contributed by atoms with E-state index in [1.165, 1.54) is 19.2 Å². The highest BCUT2D eigenvalue weighted by Crippen LogP contribution is 2.36. The van der Waals surface area contributed by atoms with Crippen molar-refractivity contribution in [3.63, 3.8) is 0 Å². The van der Waals surface area contributed by atoms with Gasteiger partial charge in [-0.3, -0.25) is 0 Å². The molecule has 1 aromatic rings. The maximum Gasteiger partial charge on any atom is 0.419 e. The van der Waals surface area contributed by atoms with Crippen molar-refractivity contribution < 1.29 is 27.8 Å². The van der Waals surface area contributed by atoms with Gasteiger partial charge in [0, 0.05) is 7.11 Å². The van der Waals surface area contributed by atoms with Crippen molar-refractivity contribution in [2.24, 2.45) is 0 Å². The van der Waals surface area contributed by atoms with E-state index < -0.39 is 18.3 Å². The third-order valence-corrected chi connectivity index (χ3v) is 2.41. The van der Waals surface area contributed by atoms with E-state index in [0.717, 1.165) is 6.07 Å². The molecule has 1 unspecified atom stereocenters. The predicted molar refractivity (Wildman–Crippen MR) is 59.3 cm³/mol. The molecule has 0 aliphatic heterocycles. The first-order chi connectivity index (χ1) is 8.38. The first kappa shape index (κ1) is 14.8. The summed E-state index contributed by atoms with van der Waals surface area (Å²) in [4.78, 5) is 0. The van der Waals surface area contributed by atoms with Crippen LogP contribution < -0.4 is 4.74 Å². The highest BCUT2D eigenvalue weighted by atomic mass is 19.4. The van der Waals surface area contributed by atoms with Gasteiger partial charge in [-0.15, -0.1) is 0 Å². The van der Waals surface area contributed by atoms with Gasteiger partial charge in [0.1, 0.15) is 12.4 Å². The Bertz CT molecular complexity index is 391. The molecule has 0 saturated heterocycles. The SMILES string of the molecule is COC(C)COc1ccc(CO)cc1C(F)(F)F.